The quantitative estimate of drug-likeness (QED) is 0.451. The molecule has 2 N–H and O–H groups in total. The van der Waals surface area contributed by atoms with Crippen LogP contribution in [0.2, 0.25) is 13.6 Å². The minimum atomic E-state index is -0.686. The Morgan fingerprint density at radius 1 is 1.44 bits per heavy atom. The standard InChI is InChI=1S/C8H17NO2.C7H5N3O.C2H7B/c1-7(8(10)11)5-3-4-6-9-2;11-5-10-7-4-2-1-3-6(7)8-9-10;1-3-2/h7,9H,3-6H2,1-2H3,(H,10,11);1-5H;3H,1-2H3/i;;3T. The van der Waals surface area contributed by atoms with Crippen molar-refractivity contribution in [2.45, 2.75) is 39.8 Å². The Hall–Kier alpha value is -2.22. The van der Waals surface area contributed by atoms with E-state index in [1.165, 1.54) is 4.68 Å². The Labute approximate surface area is 151 Å². The van der Waals surface area contributed by atoms with E-state index in [0.717, 1.165) is 36.8 Å². The number of carboxylic acid groups (broad SMARTS) is 1. The summed E-state index contributed by atoms with van der Waals surface area (Å²) in [6.07, 6.45) is 3.48. The Kier molecular flexibility index (Phi) is 11.8. The summed E-state index contributed by atoms with van der Waals surface area (Å²) in [5.41, 5.74) is 1.47. The highest BCUT2D eigenvalue weighted by atomic mass is 16.4. The van der Waals surface area contributed by atoms with E-state index in [-0.39, 0.29) is 13.2 Å². The first-order valence-electron chi connectivity index (χ1n) is 8.96. The van der Waals surface area contributed by atoms with Crippen molar-refractivity contribution in [3.05, 3.63) is 24.3 Å². The van der Waals surface area contributed by atoms with Gasteiger partial charge in [-0.2, -0.15) is 4.68 Å². The van der Waals surface area contributed by atoms with Gasteiger partial charge in [-0.25, -0.2) is 0 Å². The average molecular weight is 350 g/mol. The molecule has 0 fully saturated rings. The second-order valence-corrected chi connectivity index (χ2v) is 5.54. The molecule has 0 aliphatic heterocycles. The van der Waals surface area contributed by atoms with E-state index in [0.29, 0.717) is 6.41 Å². The van der Waals surface area contributed by atoms with E-state index in [2.05, 4.69) is 15.6 Å². The number of hydrogen-bond acceptors (Lipinski definition) is 5. The summed E-state index contributed by atoms with van der Waals surface area (Å²) in [6.45, 7) is 6.40. The number of aromatic nitrogens is 3. The first-order valence-corrected chi connectivity index (χ1v) is 8.38. The van der Waals surface area contributed by atoms with Crippen molar-refractivity contribution in [1.82, 2.24) is 20.3 Å². The number of para-hydroxylation sites is 1. The van der Waals surface area contributed by atoms with E-state index < -0.39 is 5.97 Å². The number of unbranched alkanes of at least 4 members (excludes halogenated alkanes) is 1. The minimum absolute atomic E-state index is 0.0833. The molecule has 7 nitrogen and oxygen atoms in total. The van der Waals surface area contributed by atoms with Gasteiger partial charge in [0.2, 0.25) is 6.41 Å². The van der Waals surface area contributed by atoms with E-state index in [4.69, 9.17) is 6.44 Å². The molecule has 25 heavy (non-hydrogen) atoms. The smallest absolute Gasteiger partial charge is 0.306 e. The molecule has 0 saturated carbocycles. The number of fused-ring (bicyclic) bond motifs is 1. The van der Waals surface area contributed by atoms with Crippen LogP contribution >= 0.6 is 0 Å². The van der Waals surface area contributed by atoms with Gasteiger partial charge < -0.3 is 10.4 Å². The van der Waals surface area contributed by atoms with Crippen LogP contribution < -0.4 is 5.32 Å². The molecule has 138 valence electrons. The monoisotopic (exact) mass is 350 g/mol. The normalized spacial score (nSPS) is 11.3. The molecule has 0 aliphatic rings. The number of benzene rings is 1. The van der Waals surface area contributed by atoms with Crippen LogP contribution in [0.15, 0.2) is 24.3 Å². The number of carbonyl (C=O) groups excluding carboxylic acids is 1. The van der Waals surface area contributed by atoms with Crippen LogP contribution in [0, 0.1) is 5.92 Å². The third kappa shape index (κ3) is 9.61. The zero-order valence-electron chi connectivity index (χ0n) is 16.5. The number of hydrogen-bond donors (Lipinski definition) is 2. The van der Waals surface area contributed by atoms with Crippen LogP contribution in [0.5, 0.6) is 0 Å². The van der Waals surface area contributed by atoms with Gasteiger partial charge in [0.25, 0.3) is 0 Å². The molecule has 1 aromatic heterocycles. The fourth-order valence-corrected chi connectivity index (χ4v) is 1.84. The average Bonchev–Trinajstić information content (AvgIpc) is 3.02. The van der Waals surface area contributed by atoms with Crippen molar-refractivity contribution in [3.8, 4) is 0 Å². The van der Waals surface area contributed by atoms with Crippen LogP contribution in [-0.2, 0) is 9.59 Å². The summed E-state index contributed by atoms with van der Waals surface area (Å²) in [6, 6.07) is 7.30. The number of aliphatic carboxylic acids is 1. The summed E-state index contributed by atoms with van der Waals surface area (Å²) < 4.78 is 7.79. The Morgan fingerprint density at radius 2 is 2.08 bits per heavy atom. The second kappa shape index (κ2) is 14.2. The van der Waals surface area contributed by atoms with Crippen molar-refractivity contribution in [1.29, 1.82) is 1.34 Å². The van der Waals surface area contributed by atoms with E-state index in [1.807, 2.05) is 38.9 Å². The maximum atomic E-state index is 10.3. The molecular formula is C17H29BN4O3. The lowest BCUT2D eigenvalue weighted by Gasteiger charge is -2.04. The van der Waals surface area contributed by atoms with Gasteiger partial charge >= 0.3 is 5.97 Å². The summed E-state index contributed by atoms with van der Waals surface area (Å²) >= 11 is 0. The minimum Gasteiger partial charge on any atom is -0.481 e. The van der Waals surface area contributed by atoms with Crippen LogP contribution in [0.1, 0.15) is 26.2 Å². The van der Waals surface area contributed by atoms with Gasteiger partial charge in [0.1, 0.15) is 12.8 Å². The highest BCUT2D eigenvalue weighted by Crippen LogP contribution is 2.07. The molecule has 0 bridgehead atoms. The molecule has 2 rings (SSSR count). The molecule has 1 aromatic carbocycles. The predicted octanol–water partition coefficient (Wildman–Crippen LogP) is 2.09. The maximum absolute atomic E-state index is 10.3. The van der Waals surface area contributed by atoms with Crippen molar-refractivity contribution < 1.29 is 14.7 Å². The third-order valence-corrected chi connectivity index (χ3v) is 3.21. The summed E-state index contributed by atoms with van der Waals surface area (Å²) in [7, 11) is 1.99. The van der Waals surface area contributed by atoms with Crippen molar-refractivity contribution >= 4 is 30.7 Å². The fourth-order valence-electron chi connectivity index (χ4n) is 1.84. The first kappa shape index (κ1) is 20.8. The lowest BCUT2D eigenvalue weighted by molar-refractivity contribution is -0.141. The molecule has 0 amide bonds. The molecule has 1 atom stereocenters. The molecule has 2 aromatic rings. The van der Waals surface area contributed by atoms with Crippen LogP contribution in [0.4, 0.5) is 0 Å². The summed E-state index contributed by atoms with van der Waals surface area (Å²) in [4.78, 5) is 20.7. The zero-order valence-corrected chi connectivity index (χ0v) is 15.5. The Bertz CT molecular complexity index is 649. The Balaban J connectivity index is 0.000000401. The number of nitrogens with zero attached hydrogens (tertiary/aromatic N) is 3. The number of rotatable bonds is 7. The highest BCUT2D eigenvalue weighted by Gasteiger charge is 2.08. The van der Waals surface area contributed by atoms with E-state index in [1.54, 1.807) is 13.0 Å². The van der Waals surface area contributed by atoms with Crippen LogP contribution in [0.25, 0.3) is 11.0 Å². The van der Waals surface area contributed by atoms with E-state index in [9.17, 15) is 9.59 Å². The summed E-state index contributed by atoms with van der Waals surface area (Å²) in [5.74, 6) is -0.874. The largest absolute Gasteiger partial charge is 0.481 e. The highest BCUT2D eigenvalue weighted by molar-refractivity contribution is 6.31. The van der Waals surface area contributed by atoms with Crippen molar-refractivity contribution in [2.75, 3.05) is 13.6 Å². The van der Waals surface area contributed by atoms with E-state index >= 15 is 0 Å². The lowest BCUT2D eigenvalue weighted by Crippen LogP contribution is -2.11. The van der Waals surface area contributed by atoms with Crippen molar-refractivity contribution in [2.24, 2.45) is 5.92 Å². The van der Waals surface area contributed by atoms with Crippen molar-refractivity contribution in [3.63, 3.8) is 0 Å². The van der Waals surface area contributed by atoms with Gasteiger partial charge in [-0.3, -0.25) is 9.59 Å². The van der Waals surface area contributed by atoms with Crippen LogP contribution in [0.3, 0.4) is 0 Å². The van der Waals surface area contributed by atoms with Gasteiger partial charge in [-0.15, -0.1) is 5.10 Å². The third-order valence-electron chi connectivity index (χ3n) is 3.21. The molecule has 0 spiro atoms. The van der Waals surface area contributed by atoms with Gasteiger partial charge in [0, 0.05) is 0 Å². The van der Waals surface area contributed by atoms with Gasteiger partial charge in [0.05, 0.1) is 11.4 Å². The number of carboxylic acids is 1. The topological polar surface area (TPSA) is 97.1 Å². The molecule has 0 saturated heterocycles. The number of carbonyl (C=O) groups is 2. The number of nitrogens with one attached hydrogen (secondary N) is 1. The second-order valence-electron chi connectivity index (χ2n) is 5.54. The molecular weight excluding hydrogens is 319 g/mol. The van der Waals surface area contributed by atoms with Crippen LogP contribution in [-0.4, -0.2) is 54.7 Å². The first-order chi connectivity index (χ1) is 12.3. The maximum Gasteiger partial charge on any atom is 0.306 e. The van der Waals surface area contributed by atoms with Gasteiger partial charge in [-0.1, -0.05) is 44.3 Å². The summed E-state index contributed by atoms with van der Waals surface area (Å²) in [5, 5.41) is 18.9. The predicted molar refractivity (Wildman–Crippen MR) is 103 cm³/mol. The van der Waals surface area contributed by atoms with Gasteiger partial charge in [0.15, 0.2) is 0 Å². The Morgan fingerprint density at radius 3 is 2.64 bits per heavy atom. The SMILES string of the molecule is CNCCCCC(C)C(=O)O.O=Cn1nnc2ccccc21.[3H]B(C)C. The molecule has 0 radical (unpaired) electrons. The van der Waals surface area contributed by atoms with Gasteiger partial charge in [-0.05, 0) is 39.9 Å². The molecule has 1 unspecified atom stereocenters. The lowest BCUT2D eigenvalue weighted by atomic mass is 9.88. The molecule has 0 aliphatic carbocycles. The molecule has 1 heterocycles. The zero-order chi connectivity index (χ0) is 19.9. The molecule has 8 heteroatoms. The fraction of sp³-hybridized carbons (Fsp3) is 0.529.